The highest BCUT2D eigenvalue weighted by Crippen LogP contribution is 2.58. The van der Waals surface area contributed by atoms with Crippen molar-refractivity contribution in [2.24, 2.45) is 17.8 Å². The highest BCUT2D eigenvalue weighted by Gasteiger charge is 2.53. The average Bonchev–Trinajstić information content (AvgIpc) is 2.82. The Morgan fingerprint density at radius 2 is 1.45 bits per heavy atom. The van der Waals surface area contributed by atoms with Crippen molar-refractivity contribution < 1.29 is 9.47 Å². The van der Waals surface area contributed by atoms with E-state index >= 15 is 0 Å². The van der Waals surface area contributed by atoms with Crippen LogP contribution in [0, 0.1) is 17.8 Å². The van der Waals surface area contributed by atoms with Crippen molar-refractivity contribution in [2.75, 3.05) is 0 Å². The fraction of sp³-hybridized carbons (Fsp3) is 0.484. The summed E-state index contributed by atoms with van der Waals surface area (Å²) in [6.45, 7) is 4.52. The van der Waals surface area contributed by atoms with Gasteiger partial charge >= 0.3 is 0 Å². The van der Waals surface area contributed by atoms with E-state index in [1.807, 2.05) is 0 Å². The van der Waals surface area contributed by atoms with Crippen molar-refractivity contribution in [1.82, 2.24) is 0 Å². The summed E-state index contributed by atoms with van der Waals surface area (Å²) in [6.07, 6.45) is 8.62. The average molecular weight is 441 g/mol. The van der Waals surface area contributed by atoms with Gasteiger partial charge in [-0.3, -0.25) is 0 Å². The molecule has 7 rings (SSSR count). The topological polar surface area (TPSA) is 18.5 Å². The second kappa shape index (κ2) is 8.47. The third-order valence-corrected chi connectivity index (χ3v) is 8.72. The molecule has 4 bridgehead atoms. The maximum absolute atomic E-state index is 7.13. The van der Waals surface area contributed by atoms with Gasteiger partial charge in [-0.25, -0.2) is 0 Å². The molecule has 33 heavy (non-hydrogen) atoms. The van der Waals surface area contributed by atoms with Crippen molar-refractivity contribution in [1.29, 1.82) is 0 Å². The molecule has 2 heteroatoms. The molecule has 0 N–H and O–H groups in total. The molecule has 2 unspecified atom stereocenters. The van der Waals surface area contributed by atoms with Crippen LogP contribution in [0.3, 0.4) is 0 Å². The van der Waals surface area contributed by atoms with Crippen LogP contribution in [-0.2, 0) is 4.74 Å². The first-order valence-electron chi connectivity index (χ1n) is 13.0. The van der Waals surface area contributed by atoms with Gasteiger partial charge < -0.3 is 9.47 Å². The molecule has 4 aliphatic carbocycles. The van der Waals surface area contributed by atoms with Crippen molar-refractivity contribution in [3.8, 4) is 5.75 Å². The zero-order chi connectivity index (χ0) is 22.4. The Morgan fingerprint density at radius 3 is 2.12 bits per heavy atom. The molecule has 0 spiro atoms. The maximum atomic E-state index is 7.13. The minimum atomic E-state index is -0.387. The fourth-order valence-corrected chi connectivity index (χ4v) is 7.24. The molecule has 3 aromatic rings. The van der Waals surface area contributed by atoms with Gasteiger partial charge in [0.25, 0.3) is 0 Å². The summed E-state index contributed by atoms with van der Waals surface area (Å²) in [5, 5.41) is 2.47. The number of hydrogen-bond donors (Lipinski definition) is 0. The van der Waals surface area contributed by atoms with E-state index in [0.29, 0.717) is 5.92 Å². The van der Waals surface area contributed by atoms with E-state index in [-0.39, 0.29) is 11.9 Å². The van der Waals surface area contributed by atoms with Gasteiger partial charge in [0, 0.05) is 5.56 Å². The standard InChI is InChI=1S/C31H36O2/c1-3-21(2)25-11-13-27(14-12-25)32-30(29-10-6-8-26-7-4-5-9-28(26)29)33-31-18-22-15-23(19-31)17-24(16-22)20-31/h4-14,21-24,30H,3,15-20H2,1-2H3. The van der Waals surface area contributed by atoms with E-state index in [0.717, 1.165) is 35.5 Å². The third-order valence-electron chi connectivity index (χ3n) is 8.72. The first kappa shape index (κ1) is 21.2. The Bertz CT molecular complexity index is 1070. The third kappa shape index (κ3) is 4.08. The lowest BCUT2D eigenvalue weighted by Crippen LogP contribution is -2.52. The quantitative estimate of drug-likeness (QED) is 0.343. The number of benzene rings is 3. The normalized spacial score (nSPS) is 29.8. The van der Waals surface area contributed by atoms with Gasteiger partial charge in [0.1, 0.15) is 5.75 Å². The molecule has 4 fully saturated rings. The molecule has 0 amide bonds. The number of hydrogen-bond acceptors (Lipinski definition) is 2. The van der Waals surface area contributed by atoms with Crippen LogP contribution >= 0.6 is 0 Å². The van der Waals surface area contributed by atoms with Crippen LogP contribution in [0.5, 0.6) is 5.75 Å². The molecule has 0 heterocycles. The predicted octanol–water partition coefficient (Wildman–Crippen LogP) is 8.42. The molecule has 2 nitrogen and oxygen atoms in total. The highest BCUT2D eigenvalue weighted by molar-refractivity contribution is 5.85. The summed E-state index contributed by atoms with van der Waals surface area (Å²) in [6, 6.07) is 23.8. The maximum Gasteiger partial charge on any atom is 0.227 e. The first-order chi connectivity index (χ1) is 16.1. The summed E-state index contributed by atoms with van der Waals surface area (Å²) >= 11 is 0. The molecular weight excluding hydrogens is 404 g/mol. The van der Waals surface area contributed by atoms with Crippen LogP contribution < -0.4 is 4.74 Å². The van der Waals surface area contributed by atoms with E-state index in [4.69, 9.17) is 9.47 Å². The zero-order valence-electron chi connectivity index (χ0n) is 20.0. The Morgan fingerprint density at radius 1 is 0.818 bits per heavy atom. The first-order valence-corrected chi connectivity index (χ1v) is 13.0. The Labute approximate surface area is 198 Å². The number of ether oxygens (including phenoxy) is 2. The van der Waals surface area contributed by atoms with Crippen LogP contribution in [0.25, 0.3) is 10.8 Å². The lowest BCUT2D eigenvalue weighted by atomic mass is 9.54. The molecule has 0 aromatic heterocycles. The van der Waals surface area contributed by atoms with Crippen molar-refractivity contribution in [2.45, 2.75) is 76.6 Å². The molecule has 172 valence electrons. The van der Waals surface area contributed by atoms with E-state index < -0.39 is 0 Å². The van der Waals surface area contributed by atoms with Gasteiger partial charge in [-0.1, -0.05) is 68.4 Å². The van der Waals surface area contributed by atoms with Crippen LogP contribution in [0.2, 0.25) is 0 Å². The lowest BCUT2D eigenvalue weighted by Gasteiger charge is -2.56. The Balaban J connectivity index is 1.35. The van der Waals surface area contributed by atoms with Crippen LogP contribution in [-0.4, -0.2) is 5.60 Å². The van der Waals surface area contributed by atoms with Crippen molar-refractivity contribution in [3.63, 3.8) is 0 Å². The SMILES string of the molecule is CCC(C)c1ccc(OC(OC23CC4CC(CC(C4)C2)C3)c2cccc3ccccc23)cc1. The van der Waals surface area contributed by atoms with Crippen molar-refractivity contribution >= 4 is 10.8 Å². The predicted molar refractivity (Wildman–Crippen MR) is 134 cm³/mol. The minimum absolute atomic E-state index is 0.0208. The molecule has 4 aliphatic rings. The Hall–Kier alpha value is -2.32. The summed E-state index contributed by atoms with van der Waals surface area (Å²) in [4.78, 5) is 0. The zero-order valence-corrected chi connectivity index (χ0v) is 20.0. The molecule has 0 aliphatic heterocycles. The van der Waals surface area contributed by atoms with Gasteiger partial charge in [-0.05, 0) is 97.1 Å². The second-order valence-electron chi connectivity index (χ2n) is 11.1. The van der Waals surface area contributed by atoms with Gasteiger partial charge in [-0.2, -0.15) is 0 Å². The fourth-order valence-electron chi connectivity index (χ4n) is 7.24. The molecule has 4 saturated carbocycles. The summed E-state index contributed by atoms with van der Waals surface area (Å²) in [5.74, 6) is 4.00. The lowest BCUT2D eigenvalue weighted by molar-refractivity contribution is -0.234. The molecule has 0 saturated heterocycles. The molecular formula is C31H36O2. The van der Waals surface area contributed by atoms with Crippen LogP contribution in [0.4, 0.5) is 0 Å². The number of rotatable bonds is 7. The van der Waals surface area contributed by atoms with Gasteiger partial charge in [-0.15, -0.1) is 0 Å². The summed E-state index contributed by atoms with van der Waals surface area (Å²) < 4.78 is 13.8. The van der Waals surface area contributed by atoms with E-state index in [1.54, 1.807) is 0 Å². The minimum Gasteiger partial charge on any atom is -0.461 e. The van der Waals surface area contributed by atoms with E-state index in [2.05, 4.69) is 80.6 Å². The van der Waals surface area contributed by atoms with E-state index in [9.17, 15) is 0 Å². The molecule has 0 radical (unpaired) electrons. The van der Waals surface area contributed by atoms with Crippen LogP contribution in [0.1, 0.15) is 82.1 Å². The second-order valence-corrected chi connectivity index (χ2v) is 11.1. The summed E-state index contributed by atoms with van der Waals surface area (Å²) in [7, 11) is 0. The summed E-state index contributed by atoms with van der Waals surface area (Å²) in [5.41, 5.74) is 2.50. The van der Waals surface area contributed by atoms with E-state index in [1.165, 1.54) is 54.9 Å². The monoisotopic (exact) mass is 440 g/mol. The number of fused-ring (bicyclic) bond motifs is 1. The van der Waals surface area contributed by atoms with Crippen LogP contribution in [0.15, 0.2) is 66.7 Å². The molecule has 2 atom stereocenters. The van der Waals surface area contributed by atoms with Gasteiger partial charge in [0.15, 0.2) is 0 Å². The van der Waals surface area contributed by atoms with Gasteiger partial charge in [0.2, 0.25) is 6.29 Å². The smallest absolute Gasteiger partial charge is 0.227 e. The Kier molecular flexibility index (Phi) is 5.45. The van der Waals surface area contributed by atoms with Gasteiger partial charge in [0.05, 0.1) is 5.60 Å². The molecule has 3 aromatic carbocycles. The largest absolute Gasteiger partial charge is 0.461 e. The van der Waals surface area contributed by atoms with Crippen molar-refractivity contribution in [3.05, 3.63) is 77.9 Å². The highest BCUT2D eigenvalue weighted by atomic mass is 16.7.